The Morgan fingerprint density at radius 2 is 1.87 bits per heavy atom. The molecule has 0 aliphatic carbocycles. The Balaban J connectivity index is 3.54. The average molecular weight is 288 g/mol. The molecule has 0 unspecified atom stereocenters. The van der Waals surface area contributed by atoms with Crippen molar-refractivity contribution in [2.75, 3.05) is 0 Å². The molecule has 0 aliphatic heterocycles. The minimum Gasteiger partial charge on any atom is -0.258 e. The highest BCUT2D eigenvalue weighted by atomic mass is 79.9. The number of hydrogen-bond donors (Lipinski definition) is 0. The van der Waals surface area contributed by atoms with Crippen LogP contribution in [0.1, 0.15) is 5.56 Å². The Hall–Kier alpha value is -1.18. The maximum absolute atomic E-state index is 12.9. The summed E-state index contributed by atoms with van der Waals surface area (Å²) < 4.78 is 49.5. The maximum atomic E-state index is 12.9. The molecule has 15 heavy (non-hydrogen) atoms. The average Bonchev–Trinajstić information content (AvgIpc) is 1.99. The van der Waals surface area contributed by atoms with Gasteiger partial charge in [0, 0.05) is 4.47 Å². The van der Waals surface area contributed by atoms with E-state index in [9.17, 15) is 27.7 Å². The molecular formula is C7H2BrF4NO2. The van der Waals surface area contributed by atoms with Gasteiger partial charge in [-0.15, -0.1) is 0 Å². The molecule has 0 bridgehead atoms. The van der Waals surface area contributed by atoms with Gasteiger partial charge in [-0.2, -0.15) is 17.6 Å². The molecule has 0 heterocycles. The number of nitro benzene ring substituents is 1. The molecule has 0 saturated carbocycles. The number of benzene rings is 1. The van der Waals surface area contributed by atoms with Crippen LogP contribution in [0.2, 0.25) is 0 Å². The van der Waals surface area contributed by atoms with E-state index in [1.165, 1.54) is 0 Å². The predicted octanol–water partition coefficient (Wildman–Crippen LogP) is 3.52. The lowest BCUT2D eigenvalue weighted by Gasteiger charge is -2.08. The molecule has 0 atom stereocenters. The highest BCUT2D eigenvalue weighted by Gasteiger charge is 2.40. The Labute approximate surface area is 89.0 Å². The third-order valence-corrected chi connectivity index (χ3v) is 1.97. The molecule has 0 spiro atoms. The third kappa shape index (κ3) is 2.44. The predicted molar refractivity (Wildman–Crippen MR) is 45.8 cm³/mol. The number of rotatable bonds is 1. The van der Waals surface area contributed by atoms with Crippen molar-refractivity contribution >= 4 is 21.6 Å². The molecule has 0 aromatic heterocycles. The van der Waals surface area contributed by atoms with Crippen molar-refractivity contribution in [2.45, 2.75) is 6.18 Å². The van der Waals surface area contributed by atoms with Gasteiger partial charge in [0.25, 0.3) is 0 Å². The van der Waals surface area contributed by atoms with Crippen LogP contribution >= 0.6 is 15.9 Å². The number of hydrogen-bond acceptors (Lipinski definition) is 2. The minimum atomic E-state index is -4.97. The van der Waals surface area contributed by atoms with Crippen LogP contribution in [-0.4, -0.2) is 4.92 Å². The molecule has 0 amide bonds. The first-order valence-electron chi connectivity index (χ1n) is 3.44. The summed E-state index contributed by atoms with van der Waals surface area (Å²) in [6, 6.07) is 1.06. The van der Waals surface area contributed by atoms with Gasteiger partial charge in [0.1, 0.15) is 5.56 Å². The zero-order valence-electron chi connectivity index (χ0n) is 6.81. The second-order valence-electron chi connectivity index (χ2n) is 2.54. The highest BCUT2D eigenvalue weighted by Crippen LogP contribution is 2.39. The van der Waals surface area contributed by atoms with Crippen molar-refractivity contribution in [1.29, 1.82) is 0 Å². The fourth-order valence-electron chi connectivity index (χ4n) is 0.968. The molecule has 1 rings (SSSR count). The molecule has 3 nitrogen and oxygen atoms in total. The van der Waals surface area contributed by atoms with Crippen LogP contribution in [0.4, 0.5) is 23.2 Å². The monoisotopic (exact) mass is 287 g/mol. The van der Waals surface area contributed by atoms with E-state index in [1.54, 1.807) is 0 Å². The molecular weight excluding hydrogens is 286 g/mol. The fraction of sp³-hybridized carbons (Fsp3) is 0.143. The topological polar surface area (TPSA) is 43.1 Å². The van der Waals surface area contributed by atoms with Crippen molar-refractivity contribution < 1.29 is 22.5 Å². The van der Waals surface area contributed by atoms with Gasteiger partial charge in [0.2, 0.25) is 5.82 Å². The normalized spacial score (nSPS) is 11.5. The van der Waals surface area contributed by atoms with Gasteiger partial charge in [-0.25, -0.2) is 0 Å². The number of halogens is 5. The van der Waals surface area contributed by atoms with Crippen molar-refractivity contribution in [3.63, 3.8) is 0 Å². The van der Waals surface area contributed by atoms with Crippen molar-refractivity contribution in [3.8, 4) is 0 Å². The van der Waals surface area contributed by atoms with Crippen LogP contribution in [0.3, 0.4) is 0 Å². The third-order valence-electron chi connectivity index (χ3n) is 1.52. The summed E-state index contributed by atoms with van der Waals surface area (Å²) in [5.41, 5.74) is -3.18. The fourth-order valence-corrected chi connectivity index (χ4v) is 1.40. The van der Waals surface area contributed by atoms with E-state index < -0.39 is 28.2 Å². The van der Waals surface area contributed by atoms with E-state index in [4.69, 9.17) is 0 Å². The van der Waals surface area contributed by atoms with E-state index in [-0.39, 0.29) is 4.47 Å². The number of nitrogens with zero attached hydrogens (tertiary/aromatic N) is 1. The molecule has 8 heteroatoms. The van der Waals surface area contributed by atoms with E-state index in [0.717, 1.165) is 0 Å². The summed E-state index contributed by atoms with van der Waals surface area (Å²) in [6.45, 7) is 0. The second kappa shape index (κ2) is 3.76. The van der Waals surface area contributed by atoms with Crippen LogP contribution in [-0.2, 0) is 6.18 Å². The quantitative estimate of drug-likeness (QED) is 0.451. The summed E-state index contributed by atoms with van der Waals surface area (Å²) in [4.78, 5) is 8.85. The first-order valence-corrected chi connectivity index (χ1v) is 4.23. The van der Waals surface area contributed by atoms with Gasteiger partial charge in [0.15, 0.2) is 0 Å². The molecule has 0 N–H and O–H groups in total. The summed E-state index contributed by atoms with van der Waals surface area (Å²) in [7, 11) is 0. The van der Waals surface area contributed by atoms with Crippen LogP contribution in [0.15, 0.2) is 16.6 Å². The van der Waals surface area contributed by atoms with Crippen LogP contribution in [0.25, 0.3) is 0 Å². The molecule has 0 saturated heterocycles. The van der Waals surface area contributed by atoms with Gasteiger partial charge >= 0.3 is 11.9 Å². The molecule has 1 aromatic carbocycles. The van der Waals surface area contributed by atoms with Gasteiger partial charge < -0.3 is 0 Å². The maximum Gasteiger partial charge on any atom is 0.423 e. The van der Waals surface area contributed by atoms with Gasteiger partial charge in [-0.1, -0.05) is 15.9 Å². The van der Waals surface area contributed by atoms with Gasteiger partial charge in [0.05, 0.1) is 4.92 Å². The lowest BCUT2D eigenvalue weighted by Crippen LogP contribution is -2.10. The zero-order chi connectivity index (χ0) is 11.8. The van der Waals surface area contributed by atoms with E-state index in [0.29, 0.717) is 12.1 Å². The number of alkyl halides is 3. The van der Waals surface area contributed by atoms with Crippen LogP contribution in [0.5, 0.6) is 0 Å². The van der Waals surface area contributed by atoms with Gasteiger partial charge in [-0.3, -0.25) is 10.1 Å². The smallest absolute Gasteiger partial charge is 0.258 e. The standard InChI is InChI=1S/C7H2BrF4NO2/c8-3-1-4(7(10,11)12)6(13(14)15)5(9)2-3/h1-2H. The Morgan fingerprint density at radius 1 is 1.33 bits per heavy atom. The first-order chi connectivity index (χ1) is 6.73. The molecule has 0 fully saturated rings. The van der Waals surface area contributed by atoms with Crippen LogP contribution in [0, 0.1) is 15.9 Å². The molecule has 0 radical (unpaired) electrons. The van der Waals surface area contributed by atoms with Crippen LogP contribution < -0.4 is 0 Å². The highest BCUT2D eigenvalue weighted by molar-refractivity contribution is 9.10. The zero-order valence-corrected chi connectivity index (χ0v) is 8.39. The van der Waals surface area contributed by atoms with Crippen molar-refractivity contribution in [1.82, 2.24) is 0 Å². The molecule has 1 aromatic rings. The van der Waals surface area contributed by atoms with Crippen molar-refractivity contribution in [2.24, 2.45) is 0 Å². The molecule has 82 valence electrons. The first kappa shape index (κ1) is 11.9. The van der Waals surface area contributed by atoms with E-state index in [2.05, 4.69) is 15.9 Å². The minimum absolute atomic E-state index is 0.210. The summed E-state index contributed by atoms with van der Waals surface area (Å²) >= 11 is 2.63. The summed E-state index contributed by atoms with van der Waals surface area (Å²) in [5.74, 6) is -1.53. The summed E-state index contributed by atoms with van der Waals surface area (Å²) in [6.07, 6.45) is -4.97. The van der Waals surface area contributed by atoms with Crippen molar-refractivity contribution in [3.05, 3.63) is 38.1 Å². The molecule has 0 aliphatic rings. The Bertz CT molecular complexity index is 418. The van der Waals surface area contributed by atoms with Gasteiger partial charge in [-0.05, 0) is 12.1 Å². The SMILES string of the molecule is O=[N+]([O-])c1c(F)cc(Br)cc1C(F)(F)F. The van der Waals surface area contributed by atoms with E-state index >= 15 is 0 Å². The lowest BCUT2D eigenvalue weighted by atomic mass is 10.1. The largest absolute Gasteiger partial charge is 0.423 e. The number of nitro groups is 1. The van der Waals surface area contributed by atoms with E-state index in [1.807, 2.05) is 0 Å². The second-order valence-corrected chi connectivity index (χ2v) is 3.45. The lowest BCUT2D eigenvalue weighted by molar-refractivity contribution is -0.390. The Kier molecular flexibility index (Phi) is 2.98. The summed E-state index contributed by atoms with van der Waals surface area (Å²) in [5, 5.41) is 10.3. The Morgan fingerprint density at radius 3 is 2.27 bits per heavy atom.